The lowest BCUT2D eigenvalue weighted by Gasteiger charge is -2.34. The van der Waals surface area contributed by atoms with E-state index in [0.29, 0.717) is 0 Å². The minimum Gasteiger partial charge on any atom is -0.453 e. The van der Waals surface area contributed by atoms with Crippen molar-refractivity contribution in [2.75, 3.05) is 4.90 Å². The number of anilines is 2. The van der Waals surface area contributed by atoms with Crippen LogP contribution in [0, 0.1) is 0 Å². The molecule has 1 aliphatic heterocycles. The number of fused-ring (bicyclic) bond motifs is 6. The summed E-state index contributed by atoms with van der Waals surface area (Å²) in [7, 11) is 0. The Morgan fingerprint density at radius 1 is 0.688 bits per heavy atom. The molecule has 0 amide bonds. The molecule has 0 radical (unpaired) electrons. The maximum absolute atomic E-state index is 6.86. The zero-order valence-electron chi connectivity index (χ0n) is 27.1. The topological polar surface area (TPSA) is 21.7 Å². The normalized spacial score (nSPS) is 17.6. The van der Waals surface area contributed by atoms with E-state index in [1.165, 1.54) is 38.6 Å². The summed E-state index contributed by atoms with van der Waals surface area (Å²) in [4.78, 5) is 2.40. The monoisotopic (exact) mass is 621 g/mol. The molecule has 0 N–H and O–H groups in total. The van der Waals surface area contributed by atoms with Crippen LogP contribution in [-0.2, 0) is 5.41 Å². The highest BCUT2D eigenvalue weighted by atomic mass is 16.6. The second-order valence-corrected chi connectivity index (χ2v) is 12.9. The summed E-state index contributed by atoms with van der Waals surface area (Å²) in [6.07, 6.45) is 8.16. The van der Waals surface area contributed by atoms with Gasteiger partial charge in [-0.05, 0) is 77.7 Å². The van der Waals surface area contributed by atoms with Gasteiger partial charge in [0.05, 0.1) is 5.69 Å². The number of hydrogen-bond donors (Lipinski definition) is 0. The molecule has 1 atom stereocenters. The average molecular weight is 622 g/mol. The first-order valence-corrected chi connectivity index (χ1v) is 16.8. The van der Waals surface area contributed by atoms with Gasteiger partial charge in [0.2, 0.25) is 0 Å². The average Bonchev–Trinajstić information content (AvgIpc) is 3.39. The minimum absolute atomic E-state index is 0.222. The predicted octanol–water partition coefficient (Wildman–Crippen LogP) is 11.9. The van der Waals surface area contributed by atoms with Crippen LogP contribution in [-0.4, -0.2) is 0 Å². The molecule has 6 aromatic rings. The molecule has 2 aliphatic carbocycles. The Kier molecular flexibility index (Phi) is 6.62. The third kappa shape index (κ3) is 4.42. The molecule has 1 heterocycles. The highest BCUT2D eigenvalue weighted by molar-refractivity contribution is 5.97. The third-order valence-corrected chi connectivity index (χ3v) is 10.1. The van der Waals surface area contributed by atoms with Gasteiger partial charge in [0.15, 0.2) is 17.3 Å². The second-order valence-electron chi connectivity index (χ2n) is 12.9. The van der Waals surface area contributed by atoms with Crippen LogP contribution in [0.25, 0.3) is 33.0 Å². The zero-order valence-corrected chi connectivity index (χ0v) is 27.1. The number of benzene rings is 6. The Morgan fingerprint density at radius 3 is 2.35 bits per heavy atom. The van der Waals surface area contributed by atoms with E-state index in [1.54, 1.807) is 0 Å². The summed E-state index contributed by atoms with van der Waals surface area (Å²) in [6, 6.07) is 47.6. The molecule has 0 aromatic heterocycles. The molecule has 0 saturated carbocycles. The Balaban J connectivity index is 1.16. The van der Waals surface area contributed by atoms with Crippen molar-refractivity contribution in [3.63, 3.8) is 0 Å². The van der Waals surface area contributed by atoms with E-state index in [0.717, 1.165) is 58.5 Å². The molecule has 0 fully saturated rings. The number of ether oxygens (including phenoxy) is 2. The van der Waals surface area contributed by atoms with Gasteiger partial charge in [-0.25, -0.2) is 0 Å². The lowest BCUT2D eigenvalue weighted by atomic mass is 9.80. The molecule has 3 heteroatoms. The molecule has 1 unspecified atom stereocenters. The van der Waals surface area contributed by atoms with Crippen molar-refractivity contribution in [3.05, 3.63) is 180 Å². The third-order valence-electron chi connectivity index (χ3n) is 10.1. The predicted molar refractivity (Wildman–Crippen MR) is 197 cm³/mol. The van der Waals surface area contributed by atoms with Gasteiger partial charge in [0.1, 0.15) is 5.76 Å². The Hall–Kier alpha value is -5.80. The summed E-state index contributed by atoms with van der Waals surface area (Å²) in [5, 5.41) is 2.41. The zero-order chi connectivity index (χ0) is 32.2. The first-order chi connectivity index (χ1) is 23.6. The van der Waals surface area contributed by atoms with Gasteiger partial charge >= 0.3 is 0 Å². The molecular formula is C45H35NO2. The first kappa shape index (κ1) is 28.4. The maximum atomic E-state index is 6.86. The SMILES string of the molecule is C/C=C/C1(C)c2ccccc2-c2c1ccc1c2OC2=C(C=C(N(c3cccc(-c4ccccc4)c3)c3cccc4ccccc34)CC2)O1. The van der Waals surface area contributed by atoms with Crippen molar-refractivity contribution in [3.8, 4) is 33.8 Å². The van der Waals surface area contributed by atoms with E-state index in [4.69, 9.17) is 9.47 Å². The smallest absolute Gasteiger partial charge is 0.177 e. The van der Waals surface area contributed by atoms with Crippen LogP contribution in [0.3, 0.4) is 0 Å². The van der Waals surface area contributed by atoms with Crippen LogP contribution < -0.4 is 14.4 Å². The molecule has 6 aromatic carbocycles. The Bertz CT molecular complexity index is 2320. The fourth-order valence-electron chi connectivity index (χ4n) is 7.85. The van der Waals surface area contributed by atoms with E-state index in [-0.39, 0.29) is 5.41 Å². The summed E-state index contributed by atoms with van der Waals surface area (Å²) in [5.41, 5.74) is 10.5. The highest BCUT2D eigenvalue weighted by Gasteiger charge is 2.41. The standard InChI is InChI=1S/C45H35NO2/c1-3-27-45(2)37-21-10-9-20-36(37)43-38(45)24-26-41-44(43)48-40-25-23-34(29-42(40)47-41)46(39-22-12-16-31-15-7-8-19-35(31)39)33-18-11-17-32(28-33)30-13-5-4-6-14-30/h3-22,24,26-29H,23,25H2,1-2H3/b27-3+. The summed E-state index contributed by atoms with van der Waals surface area (Å²) < 4.78 is 13.6. The van der Waals surface area contributed by atoms with Crippen LogP contribution in [0.1, 0.15) is 37.8 Å². The van der Waals surface area contributed by atoms with Gasteiger partial charge in [-0.2, -0.15) is 0 Å². The van der Waals surface area contributed by atoms with Gasteiger partial charge in [0.25, 0.3) is 0 Å². The van der Waals surface area contributed by atoms with Gasteiger partial charge < -0.3 is 14.4 Å². The van der Waals surface area contributed by atoms with Crippen molar-refractivity contribution in [2.24, 2.45) is 0 Å². The number of nitrogens with zero attached hydrogens (tertiary/aromatic N) is 1. The van der Waals surface area contributed by atoms with Crippen LogP contribution >= 0.6 is 0 Å². The maximum Gasteiger partial charge on any atom is 0.177 e. The van der Waals surface area contributed by atoms with Gasteiger partial charge in [-0.1, -0.05) is 121 Å². The quantitative estimate of drug-likeness (QED) is 0.179. The molecule has 9 rings (SSSR count). The van der Waals surface area contributed by atoms with Gasteiger partial charge in [-0.15, -0.1) is 0 Å². The number of rotatable bonds is 5. The number of allylic oxidation sites excluding steroid dienone is 5. The molecule has 3 nitrogen and oxygen atoms in total. The Labute approximate surface area is 281 Å². The van der Waals surface area contributed by atoms with Crippen molar-refractivity contribution >= 4 is 22.1 Å². The van der Waals surface area contributed by atoms with Crippen LogP contribution in [0.5, 0.6) is 11.5 Å². The Morgan fingerprint density at radius 2 is 1.46 bits per heavy atom. The molecule has 232 valence electrons. The summed E-state index contributed by atoms with van der Waals surface area (Å²) >= 11 is 0. The lowest BCUT2D eigenvalue weighted by molar-refractivity contribution is 0.289. The fraction of sp³-hybridized carbons (Fsp3) is 0.111. The van der Waals surface area contributed by atoms with E-state index >= 15 is 0 Å². The van der Waals surface area contributed by atoms with Crippen molar-refractivity contribution < 1.29 is 9.47 Å². The van der Waals surface area contributed by atoms with E-state index in [1.807, 2.05) is 0 Å². The molecule has 0 spiro atoms. The van der Waals surface area contributed by atoms with Crippen molar-refractivity contribution in [2.45, 2.75) is 32.1 Å². The first-order valence-electron chi connectivity index (χ1n) is 16.8. The molecule has 3 aliphatic rings. The fourth-order valence-corrected chi connectivity index (χ4v) is 7.85. The van der Waals surface area contributed by atoms with Crippen molar-refractivity contribution in [1.29, 1.82) is 0 Å². The number of hydrogen-bond acceptors (Lipinski definition) is 3. The summed E-state index contributed by atoms with van der Waals surface area (Å²) in [5.74, 6) is 3.24. The molecular weight excluding hydrogens is 587 g/mol. The second kappa shape index (κ2) is 11.2. The molecule has 48 heavy (non-hydrogen) atoms. The molecule has 0 saturated heterocycles. The minimum atomic E-state index is -0.222. The largest absolute Gasteiger partial charge is 0.453 e. The van der Waals surface area contributed by atoms with E-state index in [9.17, 15) is 0 Å². The van der Waals surface area contributed by atoms with E-state index in [2.05, 4.69) is 170 Å². The van der Waals surface area contributed by atoms with Gasteiger partial charge in [0, 0.05) is 40.2 Å². The molecule has 0 bridgehead atoms. The highest BCUT2D eigenvalue weighted by Crippen LogP contribution is 2.57. The van der Waals surface area contributed by atoms with Crippen molar-refractivity contribution in [1.82, 2.24) is 0 Å². The van der Waals surface area contributed by atoms with Gasteiger partial charge in [-0.3, -0.25) is 0 Å². The lowest BCUT2D eigenvalue weighted by Crippen LogP contribution is -2.23. The van der Waals surface area contributed by atoms with E-state index < -0.39 is 0 Å². The van der Waals surface area contributed by atoms with Crippen LogP contribution in [0.4, 0.5) is 11.4 Å². The summed E-state index contributed by atoms with van der Waals surface area (Å²) in [6.45, 7) is 4.38. The van der Waals surface area contributed by atoms with Crippen LogP contribution in [0.2, 0.25) is 0 Å². The van der Waals surface area contributed by atoms with Crippen LogP contribution in [0.15, 0.2) is 169 Å².